The zero-order chi connectivity index (χ0) is 33.4. The topological polar surface area (TPSA) is 210 Å². The average Bonchev–Trinajstić information content (AvgIpc) is 3.00. The van der Waals surface area contributed by atoms with E-state index in [9.17, 15) is 25.3 Å². The van der Waals surface area contributed by atoms with Crippen LogP contribution in [0, 0.1) is 34.0 Å². The Morgan fingerprint density at radius 3 is 1.07 bits per heavy atom. The number of hydrogen-bond acceptors (Lipinski definition) is 9. The highest BCUT2D eigenvalue weighted by molar-refractivity contribution is 7.94. The van der Waals surface area contributed by atoms with Crippen molar-refractivity contribution in [3.05, 3.63) is 18.2 Å². The third kappa shape index (κ3) is 16.5. The second-order valence-corrected chi connectivity index (χ2v) is 16.0. The quantitative estimate of drug-likeness (QED) is 0.105. The summed E-state index contributed by atoms with van der Waals surface area (Å²) in [5, 5.41) is 25.9. The first-order chi connectivity index (χ1) is 21.5. The Bertz CT molecular complexity index is 1380. The maximum absolute atomic E-state index is 13.6. The van der Waals surface area contributed by atoms with Gasteiger partial charge in [0.05, 0.1) is 18.2 Å². The fourth-order valence-corrected chi connectivity index (χ4v) is 9.57. The molecule has 0 bridgehead atoms. The predicted molar refractivity (Wildman–Crippen MR) is 172 cm³/mol. The molecule has 0 radical (unpaired) electrons. The summed E-state index contributed by atoms with van der Waals surface area (Å²) in [6.45, 7) is 0.0820. The van der Waals surface area contributed by atoms with Crippen LogP contribution in [0.4, 0.5) is 0 Å². The highest BCUT2D eigenvalue weighted by Crippen LogP contribution is 2.28. The molecule has 0 saturated heterocycles. The summed E-state index contributed by atoms with van der Waals surface area (Å²) in [6, 6.07) is 9.64. The number of unbranched alkanes of at least 4 members (excludes halogenated alkanes) is 15. The minimum Gasteiger partial charge on any atom is -0.211 e. The molecule has 0 fully saturated rings. The molecule has 1 aromatic rings. The molecule has 0 aliphatic carbocycles. The molecule has 0 spiro atoms. The largest absolute Gasteiger partial charge is 0.243 e. The number of nitrogens with zero attached hydrogens (tertiary/aromatic N) is 3. The van der Waals surface area contributed by atoms with Gasteiger partial charge in [0, 0.05) is 38.9 Å². The number of sulfonamides is 3. The minimum absolute atomic E-state index is 0.00703. The van der Waals surface area contributed by atoms with E-state index in [1.54, 1.807) is 0 Å². The number of nitrogens with one attached hydrogen (secondary N) is 3. The maximum atomic E-state index is 13.6. The highest BCUT2D eigenvalue weighted by atomic mass is 32.2. The van der Waals surface area contributed by atoms with Gasteiger partial charge < -0.3 is 0 Å². The fraction of sp³-hybridized carbons (Fsp3) is 0.700. The zero-order valence-electron chi connectivity index (χ0n) is 26.1. The lowest BCUT2D eigenvalue weighted by Crippen LogP contribution is -2.33. The summed E-state index contributed by atoms with van der Waals surface area (Å²) in [7, 11) is -13.4. The van der Waals surface area contributed by atoms with Crippen molar-refractivity contribution < 1.29 is 25.3 Å². The summed E-state index contributed by atoms with van der Waals surface area (Å²) in [4.78, 5) is -2.09. The summed E-state index contributed by atoms with van der Waals surface area (Å²) in [6.07, 6.45) is 12.3. The van der Waals surface area contributed by atoms with Gasteiger partial charge >= 0.3 is 0 Å². The first-order valence-electron chi connectivity index (χ1n) is 15.8. The van der Waals surface area contributed by atoms with Crippen molar-refractivity contribution >= 4 is 30.1 Å². The Labute approximate surface area is 270 Å². The summed E-state index contributed by atoms with van der Waals surface area (Å²) < 4.78 is 87.8. The van der Waals surface area contributed by atoms with E-state index < -0.39 is 44.8 Å². The molecule has 0 atom stereocenters. The normalized spacial score (nSPS) is 11.9. The lowest BCUT2D eigenvalue weighted by atomic mass is 10.1. The van der Waals surface area contributed by atoms with Crippen LogP contribution in [0.5, 0.6) is 0 Å². The van der Waals surface area contributed by atoms with Crippen molar-refractivity contribution in [2.24, 2.45) is 0 Å². The van der Waals surface area contributed by atoms with E-state index in [1.165, 1.54) is 6.07 Å². The van der Waals surface area contributed by atoms with E-state index in [0.717, 1.165) is 69.9 Å². The Balaban J connectivity index is 3.10. The number of hydrogen-bond donors (Lipinski definition) is 3. The second kappa shape index (κ2) is 22.8. The van der Waals surface area contributed by atoms with Gasteiger partial charge in [-0.25, -0.2) is 39.4 Å². The molecule has 1 rings (SSSR count). The Morgan fingerprint density at radius 1 is 0.444 bits per heavy atom. The molecule has 0 amide bonds. The fourth-order valence-electron chi connectivity index (χ4n) is 4.61. The molecule has 15 heteroatoms. The van der Waals surface area contributed by atoms with Gasteiger partial charge in [0.15, 0.2) is 0 Å². The Hall–Kier alpha value is -2.58. The monoisotopic (exact) mass is 684 g/mol. The number of nitriles is 3. The van der Waals surface area contributed by atoms with E-state index in [-0.39, 0.29) is 19.6 Å². The number of benzene rings is 1. The standard InChI is InChI=1S/C30H48N6O6S3/c31-22-13-7-1-4-10-16-25-34-43(37,38)28-20-19-21-29(44(39,40)35-26-17-11-5-2-8-14-23-32)30(28)45(41,42)36-27-18-12-6-3-9-15-24-33/h19-21,34-36H,1-18,25-27H2. The van der Waals surface area contributed by atoms with Crippen molar-refractivity contribution in [3.8, 4) is 18.2 Å². The van der Waals surface area contributed by atoms with E-state index >= 15 is 0 Å². The number of rotatable bonds is 27. The van der Waals surface area contributed by atoms with Gasteiger partial charge in [0.1, 0.15) is 14.7 Å². The molecular weight excluding hydrogens is 637 g/mol. The first-order valence-corrected chi connectivity index (χ1v) is 20.2. The summed E-state index contributed by atoms with van der Waals surface area (Å²) >= 11 is 0. The van der Waals surface area contributed by atoms with Gasteiger partial charge in [0.25, 0.3) is 0 Å². The van der Waals surface area contributed by atoms with E-state index in [1.807, 2.05) is 0 Å². The van der Waals surface area contributed by atoms with Gasteiger partial charge in [-0.15, -0.1) is 0 Å². The average molecular weight is 685 g/mol. The minimum atomic E-state index is -4.57. The van der Waals surface area contributed by atoms with Crippen LogP contribution in [0.15, 0.2) is 32.9 Å². The van der Waals surface area contributed by atoms with Crippen LogP contribution in [0.3, 0.4) is 0 Å². The van der Waals surface area contributed by atoms with Crippen molar-refractivity contribution in [3.63, 3.8) is 0 Å². The zero-order valence-corrected chi connectivity index (χ0v) is 28.5. The van der Waals surface area contributed by atoms with Crippen molar-refractivity contribution in [1.29, 1.82) is 15.8 Å². The maximum Gasteiger partial charge on any atom is 0.243 e. The second-order valence-electron chi connectivity index (χ2n) is 10.8. The Kier molecular flexibility index (Phi) is 20.5. The van der Waals surface area contributed by atoms with E-state index in [2.05, 4.69) is 32.4 Å². The lowest BCUT2D eigenvalue weighted by Gasteiger charge is -2.17. The van der Waals surface area contributed by atoms with Crippen LogP contribution in [0.2, 0.25) is 0 Å². The van der Waals surface area contributed by atoms with Crippen molar-refractivity contribution in [2.45, 2.75) is 130 Å². The molecule has 0 aliphatic heterocycles. The lowest BCUT2D eigenvalue weighted by molar-refractivity contribution is 0.548. The van der Waals surface area contributed by atoms with Crippen LogP contribution in [-0.4, -0.2) is 44.9 Å². The van der Waals surface area contributed by atoms with Crippen LogP contribution in [0.1, 0.15) is 116 Å². The van der Waals surface area contributed by atoms with Gasteiger partial charge in [-0.3, -0.25) is 0 Å². The Morgan fingerprint density at radius 2 is 0.733 bits per heavy atom. The molecule has 12 nitrogen and oxygen atoms in total. The van der Waals surface area contributed by atoms with Crippen molar-refractivity contribution in [2.75, 3.05) is 19.6 Å². The van der Waals surface area contributed by atoms with Crippen LogP contribution >= 0.6 is 0 Å². The van der Waals surface area contributed by atoms with E-state index in [4.69, 9.17) is 15.8 Å². The molecule has 45 heavy (non-hydrogen) atoms. The van der Waals surface area contributed by atoms with Crippen LogP contribution < -0.4 is 14.2 Å². The van der Waals surface area contributed by atoms with Gasteiger partial charge in [-0.05, 0) is 50.7 Å². The molecule has 0 aliphatic rings. The summed E-state index contributed by atoms with van der Waals surface area (Å²) in [5.74, 6) is 0. The first kappa shape index (κ1) is 40.4. The summed E-state index contributed by atoms with van der Waals surface area (Å²) in [5.41, 5.74) is 0. The molecule has 0 aromatic heterocycles. The molecule has 3 N–H and O–H groups in total. The molecular formula is C30H48N6O6S3. The molecule has 0 heterocycles. The van der Waals surface area contributed by atoms with Crippen molar-refractivity contribution in [1.82, 2.24) is 14.2 Å². The van der Waals surface area contributed by atoms with Crippen LogP contribution in [0.25, 0.3) is 0 Å². The van der Waals surface area contributed by atoms with Gasteiger partial charge in [-0.2, -0.15) is 15.8 Å². The SMILES string of the molecule is N#CCCCCCCCNS(=O)(=O)c1cccc(S(=O)(=O)NCCCCCCCC#N)c1S(=O)(=O)NCCCCCCCC#N. The molecule has 252 valence electrons. The third-order valence-electron chi connectivity index (χ3n) is 7.06. The predicted octanol–water partition coefficient (Wildman–Crippen LogP) is 5.11. The van der Waals surface area contributed by atoms with Crippen LogP contribution in [-0.2, 0) is 30.1 Å². The highest BCUT2D eigenvalue weighted by Gasteiger charge is 2.33. The van der Waals surface area contributed by atoms with Gasteiger partial charge in [0.2, 0.25) is 30.1 Å². The smallest absolute Gasteiger partial charge is 0.211 e. The molecule has 0 unspecified atom stereocenters. The van der Waals surface area contributed by atoms with Gasteiger partial charge in [-0.1, -0.05) is 63.9 Å². The third-order valence-corrected chi connectivity index (χ3v) is 11.9. The molecule has 1 aromatic carbocycles. The molecule has 0 saturated carbocycles. The van der Waals surface area contributed by atoms with E-state index in [0.29, 0.717) is 57.8 Å².